The summed E-state index contributed by atoms with van der Waals surface area (Å²) in [5.41, 5.74) is 1.02. The SMILES string of the molecule is Cc1n[nH]c(C)c1S(=O)(=O)N1CCCC(C(=O)N2CCNCC2C)C1.Cl. The predicted octanol–water partition coefficient (Wildman–Crippen LogP) is 0.669. The summed E-state index contributed by atoms with van der Waals surface area (Å²) in [6, 6.07) is 0.145. The Bertz CT molecular complexity index is 732. The summed E-state index contributed by atoms with van der Waals surface area (Å²) in [7, 11) is -3.63. The first-order chi connectivity index (χ1) is 11.8. The molecule has 2 unspecified atom stereocenters. The fourth-order valence-corrected chi connectivity index (χ4v) is 5.67. The summed E-state index contributed by atoms with van der Waals surface area (Å²) in [6.07, 6.45) is 1.44. The Morgan fingerprint density at radius 3 is 2.62 bits per heavy atom. The highest BCUT2D eigenvalue weighted by Gasteiger charge is 2.38. The van der Waals surface area contributed by atoms with Crippen LogP contribution in [0, 0.1) is 19.8 Å². The summed E-state index contributed by atoms with van der Waals surface area (Å²) in [6.45, 7) is 8.39. The van der Waals surface area contributed by atoms with Gasteiger partial charge in [-0.25, -0.2) is 8.42 Å². The van der Waals surface area contributed by atoms with E-state index in [-0.39, 0.29) is 41.7 Å². The van der Waals surface area contributed by atoms with Crippen molar-refractivity contribution in [1.82, 2.24) is 24.7 Å². The summed E-state index contributed by atoms with van der Waals surface area (Å²) < 4.78 is 27.5. The monoisotopic (exact) mass is 405 g/mol. The lowest BCUT2D eigenvalue weighted by molar-refractivity contribution is -0.139. The average molecular weight is 406 g/mol. The fraction of sp³-hybridized carbons (Fsp3) is 0.750. The van der Waals surface area contributed by atoms with Gasteiger partial charge in [-0.3, -0.25) is 9.89 Å². The molecule has 10 heteroatoms. The molecule has 2 N–H and O–H groups in total. The zero-order valence-electron chi connectivity index (χ0n) is 15.5. The Hall–Kier alpha value is -1.16. The van der Waals surface area contributed by atoms with Gasteiger partial charge in [0, 0.05) is 38.8 Å². The number of rotatable bonds is 3. The topological polar surface area (TPSA) is 98.4 Å². The Morgan fingerprint density at radius 2 is 2.00 bits per heavy atom. The largest absolute Gasteiger partial charge is 0.337 e. The maximum absolute atomic E-state index is 13.0. The average Bonchev–Trinajstić information content (AvgIpc) is 2.94. The van der Waals surface area contributed by atoms with Gasteiger partial charge in [0.2, 0.25) is 15.9 Å². The molecule has 0 saturated carbocycles. The van der Waals surface area contributed by atoms with Crippen molar-refractivity contribution in [1.29, 1.82) is 0 Å². The van der Waals surface area contributed by atoms with Gasteiger partial charge in [0.1, 0.15) is 4.90 Å². The second kappa shape index (κ2) is 8.24. The molecule has 148 valence electrons. The number of aromatic amines is 1. The Kier molecular flexibility index (Phi) is 6.70. The molecular weight excluding hydrogens is 378 g/mol. The van der Waals surface area contributed by atoms with Crippen LogP contribution in [0.5, 0.6) is 0 Å². The number of carbonyl (C=O) groups is 1. The van der Waals surface area contributed by atoms with Gasteiger partial charge in [0.15, 0.2) is 0 Å². The number of hydrogen-bond donors (Lipinski definition) is 2. The van der Waals surface area contributed by atoms with Gasteiger partial charge in [0.25, 0.3) is 0 Å². The predicted molar refractivity (Wildman–Crippen MR) is 101 cm³/mol. The molecule has 1 aromatic rings. The highest BCUT2D eigenvalue weighted by atomic mass is 35.5. The minimum atomic E-state index is -3.63. The standard InChI is InChI=1S/C16H27N5O3S.ClH/c1-11-9-17-6-8-21(11)16(22)14-5-4-7-20(10-14)25(23,24)15-12(2)18-19-13(15)3;/h11,14,17H,4-10H2,1-3H3,(H,18,19);1H. The van der Waals surface area contributed by atoms with E-state index >= 15 is 0 Å². The number of nitrogens with zero attached hydrogens (tertiary/aromatic N) is 3. The van der Waals surface area contributed by atoms with Crippen LogP contribution in [0.25, 0.3) is 0 Å². The van der Waals surface area contributed by atoms with E-state index in [1.54, 1.807) is 13.8 Å². The molecule has 0 aromatic carbocycles. The summed E-state index contributed by atoms with van der Waals surface area (Å²) >= 11 is 0. The Labute approximate surface area is 161 Å². The van der Waals surface area contributed by atoms with Crippen LogP contribution in [0.1, 0.15) is 31.2 Å². The van der Waals surface area contributed by atoms with E-state index in [9.17, 15) is 13.2 Å². The van der Waals surface area contributed by atoms with E-state index in [0.717, 1.165) is 19.5 Å². The minimum absolute atomic E-state index is 0. The third-order valence-electron chi connectivity index (χ3n) is 5.18. The fourth-order valence-electron chi connectivity index (χ4n) is 3.82. The number of carbonyl (C=O) groups excluding carboxylic acids is 1. The molecular formula is C16H28ClN5O3S. The van der Waals surface area contributed by atoms with Gasteiger partial charge in [-0.05, 0) is 33.6 Å². The van der Waals surface area contributed by atoms with E-state index in [0.29, 0.717) is 30.9 Å². The second-order valence-electron chi connectivity index (χ2n) is 7.05. The number of aryl methyl sites for hydroxylation is 2. The third kappa shape index (κ3) is 3.90. The van der Waals surface area contributed by atoms with Crippen molar-refractivity contribution in [2.75, 3.05) is 32.7 Å². The van der Waals surface area contributed by atoms with Gasteiger partial charge in [-0.15, -0.1) is 12.4 Å². The van der Waals surface area contributed by atoms with Crippen molar-refractivity contribution >= 4 is 28.3 Å². The third-order valence-corrected chi connectivity index (χ3v) is 7.31. The molecule has 2 aliphatic rings. The number of halogens is 1. The Balaban J connectivity index is 0.00000243. The summed E-state index contributed by atoms with van der Waals surface area (Å²) in [5, 5.41) is 10.0. The van der Waals surface area contributed by atoms with E-state index in [4.69, 9.17) is 0 Å². The first kappa shape index (κ1) is 21.1. The molecule has 0 spiro atoms. The molecule has 3 heterocycles. The van der Waals surface area contributed by atoms with Crippen LogP contribution < -0.4 is 5.32 Å². The number of aromatic nitrogens is 2. The van der Waals surface area contributed by atoms with Crippen molar-refractivity contribution in [3.63, 3.8) is 0 Å². The molecule has 26 heavy (non-hydrogen) atoms. The van der Waals surface area contributed by atoms with E-state index in [2.05, 4.69) is 15.5 Å². The molecule has 2 atom stereocenters. The molecule has 1 amide bonds. The number of sulfonamides is 1. The maximum Gasteiger partial charge on any atom is 0.246 e. The molecule has 0 radical (unpaired) electrons. The maximum atomic E-state index is 13.0. The van der Waals surface area contributed by atoms with Crippen LogP contribution in [0.3, 0.4) is 0 Å². The van der Waals surface area contributed by atoms with Crippen molar-refractivity contribution in [2.24, 2.45) is 5.92 Å². The quantitative estimate of drug-likeness (QED) is 0.770. The molecule has 2 fully saturated rings. The lowest BCUT2D eigenvalue weighted by Crippen LogP contribution is -2.55. The molecule has 1 aromatic heterocycles. The zero-order chi connectivity index (χ0) is 18.2. The number of hydrogen-bond acceptors (Lipinski definition) is 5. The number of amides is 1. The Morgan fingerprint density at radius 1 is 1.27 bits per heavy atom. The van der Waals surface area contributed by atoms with Crippen LogP contribution in [-0.4, -0.2) is 72.5 Å². The highest BCUT2D eigenvalue weighted by molar-refractivity contribution is 7.89. The summed E-state index contributed by atoms with van der Waals surface area (Å²) in [5.74, 6) is -0.189. The molecule has 3 rings (SSSR count). The van der Waals surface area contributed by atoms with Crippen molar-refractivity contribution in [3.05, 3.63) is 11.4 Å². The van der Waals surface area contributed by atoms with Crippen LogP contribution in [-0.2, 0) is 14.8 Å². The number of H-pyrrole nitrogens is 1. The van der Waals surface area contributed by atoms with E-state index < -0.39 is 10.0 Å². The van der Waals surface area contributed by atoms with Gasteiger partial charge in [-0.2, -0.15) is 9.40 Å². The minimum Gasteiger partial charge on any atom is -0.337 e. The van der Waals surface area contributed by atoms with Crippen LogP contribution in [0.4, 0.5) is 0 Å². The van der Waals surface area contributed by atoms with Gasteiger partial charge >= 0.3 is 0 Å². The van der Waals surface area contributed by atoms with E-state index in [1.807, 2.05) is 11.8 Å². The van der Waals surface area contributed by atoms with Gasteiger partial charge in [-0.1, -0.05) is 0 Å². The van der Waals surface area contributed by atoms with E-state index in [1.165, 1.54) is 4.31 Å². The highest BCUT2D eigenvalue weighted by Crippen LogP contribution is 2.28. The van der Waals surface area contributed by atoms with Crippen molar-refractivity contribution < 1.29 is 13.2 Å². The lowest BCUT2D eigenvalue weighted by Gasteiger charge is -2.39. The van der Waals surface area contributed by atoms with Crippen LogP contribution >= 0.6 is 12.4 Å². The molecule has 2 aliphatic heterocycles. The first-order valence-corrected chi connectivity index (χ1v) is 10.3. The van der Waals surface area contributed by atoms with Crippen LogP contribution in [0.2, 0.25) is 0 Å². The smallest absolute Gasteiger partial charge is 0.246 e. The molecule has 2 saturated heterocycles. The zero-order valence-corrected chi connectivity index (χ0v) is 17.1. The number of nitrogens with one attached hydrogen (secondary N) is 2. The van der Waals surface area contributed by atoms with Crippen molar-refractivity contribution in [2.45, 2.75) is 44.6 Å². The van der Waals surface area contributed by atoms with Gasteiger partial charge < -0.3 is 10.2 Å². The molecule has 0 aliphatic carbocycles. The molecule has 0 bridgehead atoms. The normalized spacial score (nSPS) is 25.0. The lowest BCUT2D eigenvalue weighted by atomic mass is 9.97. The molecule has 8 nitrogen and oxygen atoms in total. The second-order valence-corrected chi connectivity index (χ2v) is 8.92. The van der Waals surface area contributed by atoms with Crippen molar-refractivity contribution in [3.8, 4) is 0 Å². The van der Waals surface area contributed by atoms with Crippen LogP contribution in [0.15, 0.2) is 4.90 Å². The summed E-state index contributed by atoms with van der Waals surface area (Å²) in [4.78, 5) is 15.1. The van der Waals surface area contributed by atoms with Gasteiger partial charge in [0.05, 0.1) is 17.3 Å². The number of piperazine rings is 1. The first-order valence-electron chi connectivity index (χ1n) is 8.85. The number of piperidine rings is 1.